The number of aliphatic hydroxyl groups excluding tert-OH is 1. The number of hydrogen-bond acceptors (Lipinski definition) is 4. The summed E-state index contributed by atoms with van der Waals surface area (Å²) in [4.78, 5) is 8.43. The summed E-state index contributed by atoms with van der Waals surface area (Å²) in [5, 5.41) is 12.1. The van der Waals surface area contributed by atoms with Gasteiger partial charge >= 0.3 is 0 Å². The molecule has 0 fully saturated rings. The number of aromatic nitrogens is 2. The molecular formula is C10H17N3O. The fourth-order valence-electron chi connectivity index (χ4n) is 1.40. The summed E-state index contributed by atoms with van der Waals surface area (Å²) in [6.45, 7) is 6.01. The summed E-state index contributed by atoms with van der Waals surface area (Å²) in [6, 6.07) is 0.192. The number of aliphatic hydroxyl groups is 1. The van der Waals surface area contributed by atoms with Crippen molar-refractivity contribution in [2.24, 2.45) is 0 Å². The number of aryl methyl sites for hydroxylation is 1. The normalized spacial score (nSPS) is 15.1. The van der Waals surface area contributed by atoms with E-state index in [1.54, 1.807) is 12.4 Å². The highest BCUT2D eigenvalue weighted by Gasteiger charge is 2.12. The van der Waals surface area contributed by atoms with Crippen LogP contribution in [0.25, 0.3) is 0 Å². The van der Waals surface area contributed by atoms with Crippen LogP contribution >= 0.6 is 0 Å². The minimum absolute atomic E-state index is 0.0754. The fraction of sp³-hybridized carbons (Fsp3) is 0.600. The van der Waals surface area contributed by atoms with Gasteiger partial charge in [0.25, 0.3) is 0 Å². The highest BCUT2D eigenvalue weighted by Crippen LogP contribution is 2.11. The molecular weight excluding hydrogens is 178 g/mol. The standard InChI is InChI=1S/C10H17N3O/c1-7(6-14)13-9(3)10-8(2)11-4-5-12-10/h4-5,7,9,13-14H,6H2,1-3H3. The molecule has 2 atom stereocenters. The minimum atomic E-state index is 0.0754. The van der Waals surface area contributed by atoms with Crippen LogP contribution in [-0.4, -0.2) is 27.7 Å². The molecule has 0 saturated carbocycles. The van der Waals surface area contributed by atoms with Gasteiger partial charge in [0.2, 0.25) is 0 Å². The van der Waals surface area contributed by atoms with Gasteiger partial charge in [0.05, 0.1) is 18.0 Å². The third-order valence-corrected chi connectivity index (χ3v) is 2.14. The Bertz CT molecular complexity index is 290. The summed E-state index contributed by atoms with van der Waals surface area (Å²) < 4.78 is 0. The Hall–Kier alpha value is -1.00. The molecule has 14 heavy (non-hydrogen) atoms. The predicted molar refractivity (Wildman–Crippen MR) is 54.9 cm³/mol. The molecule has 1 heterocycles. The molecule has 0 aliphatic heterocycles. The van der Waals surface area contributed by atoms with E-state index in [4.69, 9.17) is 5.11 Å². The van der Waals surface area contributed by atoms with E-state index in [0.717, 1.165) is 11.4 Å². The van der Waals surface area contributed by atoms with Gasteiger partial charge in [-0.1, -0.05) is 0 Å². The smallest absolute Gasteiger partial charge is 0.0782 e. The van der Waals surface area contributed by atoms with Crippen molar-refractivity contribution < 1.29 is 5.11 Å². The van der Waals surface area contributed by atoms with Crippen LogP contribution in [0.5, 0.6) is 0 Å². The average molecular weight is 195 g/mol. The Balaban J connectivity index is 2.69. The van der Waals surface area contributed by atoms with Crippen molar-refractivity contribution in [3.05, 3.63) is 23.8 Å². The molecule has 0 aliphatic rings. The van der Waals surface area contributed by atoms with Crippen molar-refractivity contribution in [1.29, 1.82) is 0 Å². The molecule has 0 radical (unpaired) electrons. The Kier molecular flexibility index (Phi) is 3.98. The van der Waals surface area contributed by atoms with E-state index in [0.29, 0.717) is 0 Å². The maximum atomic E-state index is 8.90. The Morgan fingerprint density at radius 2 is 2.00 bits per heavy atom. The van der Waals surface area contributed by atoms with E-state index in [1.165, 1.54) is 0 Å². The molecule has 4 heteroatoms. The van der Waals surface area contributed by atoms with Crippen LogP contribution in [0.3, 0.4) is 0 Å². The maximum Gasteiger partial charge on any atom is 0.0782 e. The van der Waals surface area contributed by atoms with E-state index < -0.39 is 0 Å². The molecule has 0 aliphatic carbocycles. The van der Waals surface area contributed by atoms with Crippen molar-refractivity contribution in [3.63, 3.8) is 0 Å². The molecule has 0 bridgehead atoms. The van der Waals surface area contributed by atoms with Crippen molar-refractivity contribution in [1.82, 2.24) is 15.3 Å². The zero-order valence-corrected chi connectivity index (χ0v) is 8.86. The molecule has 0 amide bonds. The molecule has 0 saturated heterocycles. The number of nitrogens with one attached hydrogen (secondary N) is 1. The maximum absolute atomic E-state index is 8.90. The van der Waals surface area contributed by atoms with Gasteiger partial charge in [0, 0.05) is 24.5 Å². The minimum Gasteiger partial charge on any atom is -0.395 e. The third-order valence-electron chi connectivity index (χ3n) is 2.14. The zero-order chi connectivity index (χ0) is 10.6. The van der Waals surface area contributed by atoms with E-state index >= 15 is 0 Å². The number of nitrogens with zero attached hydrogens (tertiary/aromatic N) is 2. The molecule has 1 aromatic rings. The Morgan fingerprint density at radius 1 is 1.36 bits per heavy atom. The second-order valence-electron chi connectivity index (χ2n) is 3.50. The van der Waals surface area contributed by atoms with Crippen molar-refractivity contribution in [3.8, 4) is 0 Å². The summed E-state index contributed by atoms with van der Waals surface area (Å²) in [7, 11) is 0. The largest absolute Gasteiger partial charge is 0.395 e. The number of rotatable bonds is 4. The van der Waals surface area contributed by atoms with Crippen LogP contribution in [0.1, 0.15) is 31.3 Å². The molecule has 4 nitrogen and oxygen atoms in total. The summed E-state index contributed by atoms with van der Waals surface area (Å²) in [5.74, 6) is 0. The highest BCUT2D eigenvalue weighted by atomic mass is 16.3. The molecule has 1 aromatic heterocycles. The lowest BCUT2D eigenvalue weighted by molar-refractivity contribution is 0.242. The molecule has 2 unspecified atom stereocenters. The first kappa shape index (κ1) is 11.1. The van der Waals surface area contributed by atoms with Gasteiger partial charge in [-0.3, -0.25) is 9.97 Å². The van der Waals surface area contributed by atoms with Crippen LogP contribution in [0.2, 0.25) is 0 Å². The second kappa shape index (κ2) is 5.02. The van der Waals surface area contributed by atoms with E-state index in [-0.39, 0.29) is 18.7 Å². The highest BCUT2D eigenvalue weighted by molar-refractivity contribution is 5.12. The lowest BCUT2D eigenvalue weighted by atomic mass is 10.1. The van der Waals surface area contributed by atoms with Gasteiger partial charge in [0.15, 0.2) is 0 Å². The zero-order valence-electron chi connectivity index (χ0n) is 8.86. The first-order valence-electron chi connectivity index (χ1n) is 4.79. The molecule has 78 valence electrons. The van der Waals surface area contributed by atoms with Crippen LogP contribution < -0.4 is 5.32 Å². The van der Waals surface area contributed by atoms with Crippen molar-refractivity contribution in [2.45, 2.75) is 32.9 Å². The lowest BCUT2D eigenvalue weighted by Crippen LogP contribution is -2.32. The topological polar surface area (TPSA) is 58.0 Å². The summed E-state index contributed by atoms with van der Waals surface area (Å²) >= 11 is 0. The van der Waals surface area contributed by atoms with Crippen molar-refractivity contribution in [2.75, 3.05) is 6.61 Å². The average Bonchev–Trinajstić information content (AvgIpc) is 2.18. The first-order chi connectivity index (χ1) is 6.65. The van der Waals surface area contributed by atoms with E-state index in [1.807, 2.05) is 20.8 Å². The van der Waals surface area contributed by atoms with E-state index in [9.17, 15) is 0 Å². The SMILES string of the molecule is Cc1nccnc1C(C)NC(C)CO. The van der Waals surface area contributed by atoms with Gasteiger partial charge in [0.1, 0.15) is 0 Å². The summed E-state index contributed by atoms with van der Waals surface area (Å²) in [5.41, 5.74) is 1.87. The van der Waals surface area contributed by atoms with Gasteiger partial charge in [-0.25, -0.2) is 0 Å². The molecule has 0 spiro atoms. The quantitative estimate of drug-likeness (QED) is 0.746. The van der Waals surface area contributed by atoms with Gasteiger partial charge in [-0.05, 0) is 20.8 Å². The van der Waals surface area contributed by atoms with Crippen molar-refractivity contribution >= 4 is 0 Å². The molecule has 2 N–H and O–H groups in total. The third kappa shape index (κ3) is 2.75. The predicted octanol–water partition coefficient (Wildman–Crippen LogP) is 0.816. The van der Waals surface area contributed by atoms with Crippen LogP contribution in [0, 0.1) is 6.92 Å². The van der Waals surface area contributed by atoms with Gasteiger partial charge in [-0.2, -0.15) is 0 Å². The monoisotopic (exact) mass is 195 g/mol. The van der Waals surface area contributed by atoms with Gasteiger partial charge < -0.3 is 10.4 Å². The summed E-state index contributed by atoms with van der Waals surface area (Å²) in [6.07, 6.45) is 3.37. The van der Waals surface area contributed by atoms with Crippen LogP contribution in [0.15, 0.2) is 12.4 Å². The molecule has 1 rings (SSSR count). The van der Waals surface area contributed by atoms with Crippen LogP contribution in [0.4, 0.5) is 0 Å². The fourth-order valence-corrected chi connectivity index (χ4v) is 1.40. The molecule has 0 aromatic carbocycles. The Morgan fingerprint density at radius 3 is 2.57 bits per heavy atom. The lowest BCUT2D eigenvalue weighted by Gasteiger charge is -2.18. The number of hydrogen-bond donors (Lipinski definition) is 2. The Labute approximate surface area is 84.4 Å². The first-order valence-corrected chi connectivity index (χ1v) is 4.79. The van der Waals surface area contributed by atoms with Crippen LogP contribution in [-0.2, 0) is 0 Å². The van der Waals surface area contributed by atoms with Gasteiger partial charge in [-0.15, -0.1) is 0 Å². The second-order valence-corrected chi connectivity index (χ2v) is 3.50. The van der Waals surface area contributed by atoms with E-state index in [2.05, 4.69) is 15.3 Å².